The first-order valence-corrected chi connectivity index (χ1v) is 6.33. The van der Waals surface area contributed by atoms with E-state index in [4.69, 9.17) is 15.6 Å². The normalized spacial score (nSPS) is 9.95. The standard InChI is InChI=1S/C13H21N3O3/c14-11-3-5-12(6-4-11)19-10-2-8-16-13(18)15-7-1-9-17/h3-6,17H,1-2,7-10,14H2,(H2,15,16,18). The van der Waals surface area contributed by atoms with Crippen molar-refractivity contribution in [2.75, 3.05) is 32.0 Å². The molecule has 0 aromatic heterocycles. The highest BCUT2D eigenvalue weighted by Gasteiger charge is 1.98. The number of ether oxygens (including phenoxy) is 1. The van der Waals surface area contributed by atoms with Crippen LogP contribution in [0.4, 0.5) is 10.5 Å². The van der Waals surface area contributed by atoms with Crippen LogP contribution in [0.2, 0.25) is 0 Å². The second-order valence-corrected chi connectivity index (χ2v) is 4.03. The molecule has 0 atom stereocenters. The largest absolute Gasteiger partial charge is 0.494 e. The van der Waals surface area contributed by atoms with Gasteiger partial charge >= 0.3 is 6.03 Å². The predicted octanol–water partition coefficient (Wildman–Crippen LogP) is 0.719. The van der Waals surface area contributed by atoms with E-state index in [0.29, 0.717) is 31.8 Å². The van der Waals surface area contributed by atoms with Crippen LogP contribution in [-0.4, -0.2) is 37.4 Å². The molecule has 1 aromatic carbocycles. The Hall–Kier alpha value is -1.95. The minimum absolute atomic E-state index is 0.0791. The lowest BCUT2D eigenvalue weighted by Gasteiger charge is -2.08. The molecule has 2 amide bonds. The maximum absolute atomic E-state index is 11.2. The van der Waals surface area contributed by atoms with E-state index < -0.39 is 0 Å². The van der Waals surface area contributed by atoms with Gasteiger partial charge < -0.3 is 26.2 Å². The fraction of sp³-hybridized carbons (Fsp3) is 0.462. The topological polar surface area (TPSA) is 96.6 Å². The number of hydrogen-bond donors (Lipinski definition) is 4. The molecule has 1 rings (SSSR count). The van der Waals surface area contributed by atoms with Crippen molar-refractivity contribution in [3.05, 3.63) is 24.3 Å². The van der Waals surface area contributed by atoms with Gasteiger partial charge in [0.1, 0.15) is 5.75 Å². The highest BCUT2D eigenvalue weighted by Crippen LogP contribution is 2.12. The third-order valence-electron chi connectivity index (χ3n) is 2.38. The maximum atomic E-state index is 11.2. The highest BCUT2D eigenvalue weighted by molar-refractivity contribution is 5.73. The van der Waals surface area contributed by atoms with Gasteiger partial charge in [0.05, 0.1) is 6.61 Å². The number of anilines is 1. The van der Waals surface area contributed by atoms with Gasteiger partial charge in [0, 0.05) is 25.4 Å². The molecule has 0 bridgehead atoms. The number of aliphatic hydroxyl groups excluding tert-OH is 1. The van der Waals surface area contributed by atoms with Crippen LogP contribution in [0.1, 0.15) is 12.8 Å². The molecule has 0 fully saturated rings. The van der Waals surface area contributed by atoms with E-state index in [1.807, 2.05) is 12.1 Å². The zero-order valence-corrected chi connectivity index (χ0v) is 10.9. The number of carbonyl (C=O) groups is 1. The van der Waals surface area contributed by atoms with Gasteiger partial charge in [-0.15, -0.1) is 0 Å². The van der Waals surface area contributed by atoms with Crippen LogP contribution in [-0.2, 0) is 0 Å². The third-order valence-corrected chi connectivity index (χ3v) is 2.38. The summed E-state index contributed by atoms with van der Waals surface area (Å²) in [6.45, 7) is 1.63. The van der Waals surface area contributed by atoms with Crippen LogP contribution < -0.4 is 21.1 Å². The lowest BCUT2D eigenvalue weighted by atomic mass is 10.3. The number of rotatable bonds is 8. The molecule has 0 aliphatic carbocycles. The summed E-state index contributed by atoms with van der Waals surface area (Å²) < 4.78 is 5.48. The van der Waals surface area contributed by atoms with E-state index in [2.05, 4.69) is 10.6 Å². The molecule has 0 unspecified atom stereocenters. The number of amides is 2. The van der Waals surface area contributed by atoms with Crippen molar-refractivity contribution in [1.29, 1.82) is 0 Å². The van der Waals surface area contributed by atoms with Crippen LogP contribution >= 0.6 is 0 Å². The number of nitrogen functional groups attached to an aromatic ring is 1. The number of aliphatic hydroxyl groups is 1. The van der Waals surface area contributed by atoms with Gasteiger partial charge in [-0.1, -0.05) is 0 Å². The summed E-state index contributed by atoms with van der Waals surface area (Å²) >= 11 is 0. The molecule has 106 valence electrons. The molecule has 1 aromatic rings. The van der Waals surface area contributed by atoms with E-state index in [1.54, 1.807) is 12.1 Å². The summed E-state index contributed by atoms with van der Waals surface area (Å²) in [7, 11) is 0. The van der Waals surface area contributed by atoms with Crippen molar-refractivity contribution in [2.45, 2.75) is 12.8 Å². The van der Waals surface area contributed by atoms with E-state index in [9.17, 15) is 4.79 Å². The zero-order chi connectivity index (χ0) is 13.9. The first-order valence-electron chi connectivity index (χ1n) is 6.33. The minimum Gasteiger partial charge on any atom is -0.494 e. The van der Waals surface area contributed by atoms with Crippen LogP contribution in [0.3, 0.4) is 0 Å². The number of carbonyl (C=O) groups excluding carboxylic acids is 1. The number of hydrogen-bond acceptors (Lipinski definition) is 4. The summed E-state index contributed by atoms with van der Waals surface area (Å²) in [4.78, 5) is 11.2. The lowest BCUT2D eigenvalue weighted by molar-refractivity contribution is 0.236. The highest BCUT2D eigenvalue weighted by atomic mass is 16.5. The Bertz CT molecular complexity index is 368. The Morgan fingerprint density at radius 2 is 1.79 bits per heavy atom. The Kier molecular flexibility index (Phi) is 7.19. The molecule has 0 radical (unpaired) electrons. The van der Waals surface area contributed by atoms with Crippen molar-refractivity contribution in [3.8, 4) is 5.75 Å². The number of benzene rings is 1. The molecule has 0 heterocycles. The van der Waals surface area contributed by atoms with E-state index in [-0.39, 0.29) is 12.6 Å². The minimum atomic E-state index is -0.221. The van der Waals surface area contributed by atoms with E-state index in [0.717, 1.165) is 12.2 Å². The number of nitrogens with one attached hydrogen (secondary N) is 2. The summed E-state index contributed by atoms with van der Waals surface area (Å²) in [5.74, 6) is 0.765. The summed E-state index contributed by atoms with van der Waals surface area (Å²) in [6, 6.07) is 6.96. The second kappa shape index (κ2) is 9.04. The molecule has 19 heavy (non-hydrogen) atoms. The molecule has 0 aliphatic rings. The number of nitrogens with two attached hydrogens (primary N) is 1. The Morgan fingerprint density at radius 3 is 2.42 bits per heavy atom. The average Bonchev–Trinajstić information content (AvgIpc) is 2.41. The summed E-state index contributed by atoms with van der Waals surface area (Å²) in [5, 5.41) is 13.9. The van der Waals surface area contributed by atoms with Crippen LogP contribution in [0.25, 0.3) is 0 Å². The zero-order valence-electron chi connectivity index (χ0n) is 10.9. The third kappa shape index (κ3) is 7.15. The van der Waals surface area contributed by atoms with Gasteiger partial charge in [0.2, 0.25) is 0 Å². The quantitative estimate of drug-likeness (QED) is 0.412. The Morgan fingerprint density at radius 1 is 1.16 bits per heavy atom. The fourth-order valence-electron chi connectivity index (χ4n) is 1.37. The van der Waals surface area contributed by atoms with E-state index >= 15 is 0 Å². The fourth-order valence-corrected chi connectivity index (χ4v) is 1.37. The van der Waals surface area contributed by atoms with Crippen molar-refractivity contribution in [1.82, 2.24) is 10.6 Å². The molecule has 6 nitrogen and oxygen atoms in total. The van der Waals surface area contributed by atoms with Gasteiger partial charge in [-0.2, -0.15) is 0 Å². The molecule has 0 aliphatic heterocycles. The molecule has 0 spiro atoms. The van der Waals surface area contributed by atoms with Gasteiger partial charge in [0.25, 0.3) is 0 Å². The maximum Gasteiger partial charge on any atom is 0.314 e. The lowest BCUT2D eigenvalue weighted by Crippen LogP contribution is -2.37. The second-order valence-electron chi connectivity index (χ2n) is 4.03. The summed E-state index contributed by atoms with van der Waals surface area (Å²) in [6.07, 6.45) is 1.28. The molecular formula is C13H21N3O3. The predicted molar refractivity (Wildman–Crippen MR) is 74.1 cm³/mol. The molecule has 0 saturated heterocycles. The van der Waals surface area contributed by atoms with Crippen LogP contribution in [0.15, 0.2) is 24.3 Å². The Labute approximate surface area is 112 Å². The SMILES string of the molecule is Nc1ccc(OCCCNC(=O)NCCCO)cc1. The van der Waals surface area contributed by atoms with Gasteiger partial charge in [0.15, 0.2) is 0 Å². The van der Waals surface area contributed by atoms with Crippen molar-refractivity contribution >= 4 is 11.7 Å². The van der Waals surface area contributed by atoms with Crippen molar-refractivity contribution < 1.29 is 14.6 Å². The first kappa shape index (κ1) is 15.1. The van der Waals surface area contributed by atoms with Gasteiger partial charge in [-0.3, -0.25) is 0 Å². The summed E-state index contributed by atoms with van der Waals surface area (Å²) in [5.41, 5.74) is 6.26. The smallest absolute Gasteiger partial charge is 0.314 e. The monoisotopic (exact) mass is 267 g/mol. The Balaban J connectivity index is 2.01. The van der Waals surface area contributed by atoms with E-state index in [1.165, 1.54) is 0 Å². The molecule has 6 heteroatoms. The van der Waals surface area contributed by atoms with Crippen molar-refractivity contribution in [3.63, 3.8) is 0 Å². The molecule has 0 saturated carbocycles. The number of urea groups is 1. The average molecular weight is 267 g/mol. The van der Waals surface area contributed by atoms with Crippen LogP contribution in [0.5, 0.6) is 5.75 Å². The molecular weight excluding hydrogens is 246 g/mol. The van der Waals surface area contributed by atoms with Gasteiger partial charge in [-0.25, -0.2) is 4.79 Å². The molecule has 5 N–H and O–H groups in total. The van der Waals surface area contributed by atoms with Crippen molar-refractivity contribution in [2.24, 2.45) is 0 Å². The van der Waals surface area contributed by atoms with Crippen LogP contribution in [0, 0.1) is 0 Å². The van der Waals surface area contributed by atoms with Gasteiger partial charge in [-0.05, 0) is 37.1 Å². The first-order chi connectivity index (χ1) is 9.22.